The van der Waals surface area contributed by atoms with Gasteiger partial charge in [0.05, 0.1) is 7.11 Å². The molecule has 106 valence electrons. The van der Waals surface area contributed by atoms with Crippen molar-refractivity contribution < 1.29 is 4.74 Å². The predicted octanol–water partition coefficient (Wildman–Crippen LogP) is 2.31. The molecule has 2 rings (SSSR count). The van der Waals surface area contributed by atoms with Crippen LogP contribution in [-0.4, -0.2) is 43.7 Å². The summed E-state index contributed by atoms with van der Waals surface area (Å²) in [4.78, 5) is 2.57. The van der Waals surface area contributed by atoms with Gasteiger partial charge in [-0.05, 0) is 37.5 Å². The fraction of sp³-hybridized carbons (Fsp3) is 0.625. The van der Waals surface area contributed by atoms with Gasteiger partial charge in [0.2, 0.25) is 0 Å². The molecule has 1 unspecified atom stereocenters. The molecule has 1 aliphatic rings. The van der Waals surface area contributed by atoms with Gasteiger partial charge < -0.3 is 10.1 Å². The van der Waals surface area contributed by atoms with Crippen molar-refractivity contribution >= 4 is 0 Å². The molecular weight excluding hydrogens is 236 g/mol. The smallest absolute Gasteiger partial charge is 0.119 e. The van der Waals surface area contributed by atoms with E-state index >= 15 is 0 Å². The summed E-state index contributed by atoms with van der Waals surface area (Å²) in [5.74, 6) is 0.955. The third kappa shape index (κ3) is 3.95. The van der Waals surface area contributed by atoms with Gasteiger partial charge in [0.25, 0.3) is 0 Å². The summed E-state index contributed by atoms with van der Waals surface area (Å²) in [7, 11) is 1.72. The van der Waals surface area contributed by atoms with Crippen LogP contribution < -0.4 is 10.1 Å². The first-order valence-corrected chi connectivity index (χ1v) is 7.25. The molecule has 1 heterocycles. The van der Waals surface area contributed by atoms with Crippen LogP contribution in [0.15, 0.2) is 24.3 Å². The van der Waals surface area contributed by atoms with Gasteiger partial charge in [-0.1, -0.05) is 19.1 Å². The summed E-state index contributed by atoms with van der Waals surface area (Å²) in [6, 6.07) is 8.40. The first kappa shape index (κ1) is 14.4. The van der Waals surface area contributed by atoms with E-state index in [1.807, 2.05) is 6.07 Å². The topological polar surface area (TPSA) is 24.5 Å². The molecule has 0 amide bonds. The molecule has 0 spiro atoms. The lowest BCUT2D eigenvalue weighted by molar-refractivity contribution is 0.141. The largest absolute Gasteiger partial charge is 0.497 e. The van der Waals surface area contributed by atoms with E-state index < -0.39 is 0 Å². The van der Waals surface area contributed by atoms with Crippen LogP contribution in [-0.2, 0) is 6.42 Å². The van der Waals surface area contributed by atoms with Crippen LogP contribution in [0.2, 0.25) is 0 Å². The Bertz CT molecular complexity index is 407. The fourth-order valence-electron chi connectivity index (χ4n) is 2.69. The first-order chi connectivity index (χ1) is 9.15. The zero-order valence-electron chi connectivity index (χ0n) is 12.4. The molecule has 0 aromatic heterocycles. The summed E-state index contributed by atoms with van der Waals surface area (Å²) in [6.07, 6.45) is 2.28. The molecular formula is C16H26N2O. The van der Waals surface area contributed by atoms with Gasteiger partial charge in [-0.25, -0.2) is 0 Å². The van der Waals surface area contributed by atoms with Gasteiger partial charge in [0.15, 0.2) is 0 Å². The molecule has 19 heavy (non-hydrogen) atoms. The predicted molar refractivity (Wildman–Crippen MR) is 79.8 cm³/mol. The number of methoxy groups -OCH3 is 1. The maximum Gasteiger partial charge on any atom is 0.119 e. The number of hydrogen-bond donors (Lipinski definition) is 1. The molecule has 1 atom stereocenters. The van der Waals surface area contributed by atoms with Crippen molar-refractivity contribution in [3.63, 3.8) is 0 Å². The Hall–Kier alpha value is -1.06. The molecule has 0 bridgehead atoms. The second kappa shape index (κ2) is 6.40. The minimum absolute atomic E-state index is 0.284. The van der Waals surface area contributed by atoms with Crippen molar-refractivity contribution in [1.29, 1.82) is 0 Å². The van der Waals surface area contributed by atoms with Crippen LogP contribution in [0.5, 0.6) is 5.75 Å². The van der Waals surface area contributed by atoms with E-state index in [0.717, 1.165) is 38.3 Å². The third-order valence-electron chi connectivity index (χ3n) is 4.18. The zero-order valence-corrected chi connectivity index (χ0v) is 12.4. The Balaban J connectivity index is 1.87. The second-order valence-electron chi connectivity index (χ2n) is 5.72. The molecule has 1 aromatic carbocycles. The number of ether oxygens (including phenoxy) is 1. The molecule has 3 heteroatoms. The second-order valence-corrected chi connectivity index (χ2v) is 5.72. The van der Waals surface area contributed by atoms with Crippen LogP contribution in [0, 0.1) is 0 Å². The summed E-state index contributed by atoms with van der Waals surface area (Å²) in [6.45, 7) is 9.11. The van der Waals surface area contributed by atoms with Crippen LogP contribution in [0.3, 0.4) is 0 Å². The first-order valence-electron chi connectivity index (χ1n) is 7.25. The van der Waals surface area contributed by atoms with Crippen molar-refractivity contribution in [3.05, 3.63) is 29.8 Å². The highest BCUT2D eigenvalue weighted by Gasteiger charge is 2.28. The normalized spacial score (nSPS) is 24.4. The van der Waals surface area contributed by atoms with Crippen molar-refractivity contribution in [3.8, 4) is 5.75 Å². The molecule has 1 N–H and O–H groups in total. The van der Waals surface area contributed by atoms with Gasteiger partial charge >= 0.3 is 0 Å². The highest BCUT2D eigenvalue weighted by Crippen LogP contribution is 2.17. The van der Waals surface area contributed by atoms with Crippen molar-refractivity contribution in [2.24, 2.45) is 0 Å². The Labute approximate surface area is 116 Å². The van der Waals surface area contributed by atoms with Gasteiger partial charge in [-0.2, -0.15) is 0 Å². The van der Waals surface area contributed by atoms with Crippen molar-refractivity contribution in [2.45, 2.75) is 32.2 Å². The van der Waals surface area contributed by atoms with Gasteiger partial charge in [-0.15, -0.1) is 0 Å². The molecule has 1 fully saturated rings. The lowest BCUT2D eigenvalue weighted by Gasteiger charge is -2.41. The summed E-state index contributed by atoms with van der Waals surface area (Å²) < 4.78 is 5.27. The molecule has 1 aliphatic heterocycles. The molecule has 0 saturated carbocycles. The quantitative estimate of drug-likeness (QED) is 0.881. The zero-order chi connectivity index (χ0) is 13.7. The van der Waals surface area contributed by atoms with Gasteiger partial charge in [0.1, 0.15) is 5.75 Å². The number of nitrogens with zero attached hydrogens (tertiary/aromatic N) is 1. The van der Waals surface area contributed by atoms with Crippen LogP contribution in [0.4, 0.5) is 0 Å². The lowest BCUT2D eigenvalue weighted by atomic mass is 9.95. The highest BCUT2D eigenvalue weighted by molar-refractivity contribution is 5.28. The van der Waals surface area contributed by atoms with E-state index in [0.29, 0.717) is 0 Å². The molecule has 0 radical (unpaired) electrons. The van der Waals surface area contributed by atoms with Crippen LogP contribution >= 0.6 is 0 Å². The Morgan fingerprint density at radius 3 is 3.00 bits per heavy atom. The van der Waals surface area contributed by atoms with Gasteiger partial charge in [-0.3, -0.25) is 4.90 Å². The average Bonchev–Trinajstić information content (AvgIpc) is 2.45. The fourth-order valence-corrected chi connectivity index (χ4v) is 2.69. The third-order valence-corrected chi connectivity index (χ3v) is 4.18. The number of benzene rings is 1. The van der Waals surface area contributed by atoms with E-state index in [1.165, 1.54) is 12.0 Å². The molecule has 1 aromatic rings. The Kier molecular flexibility index (Phi) is 4.83. The van der Waals surface area contributed by atoms with E-state index in [9.17, 15) is 0 Å². The number of nitrogens with one attached hydrogen (secondary N) is 1. The SMILES string of the molecule is CCC1(C)CN(CCc2cccc(OC)c2)CCN1. The molecule has 3 nitrogen and oxygen atoms in total. The Morgan fingerprint density at radius 1 is 1.42 bits per heavy atom. The maximum absolute atomic E-state index is 5.27. The number of piperazine rings is 1. The average molecular weight is 262 g/mol. The summed E-state index contributed by atoms with van der Waals surface area (Å²) in [5.41, 5.74) is 1.64. The number of hydrogen-bond acceptors (Lipinski definition) is 3. The summed E-state index contributed by atoms with van der Waals surface area (Å²) in [5, 5.41) is 3.63. The number of rotatable bonds is 5. The maximum atomic E-state index is 5.27. The molecule has 0 aliphatic carbocycles. The van der Waals surface area contributed by atoms with E-state index in [2.05, 4.69) is 42.3 Å². The van der Waals surface area contributed by atoms with Crippen molar-refractivity contribution in [1.82, 2.24) is 10.2 Å². The lowest BCUT2D eigenvalue weighted by Crippen LogP contribution is -2.58. The van der Waals surface area contributed by atoms with E-state index in [4.69, 9.17) is 4.74 Å². The van der Waals surface area contributed by atoms with E-state index in [-0.39, 0.29) is 5.54 Å². The van der Waals surface area contributed by atoms with Crippen LogP contribution in [0.1, 0.15) is 25.8 Å². The Morgan fingerprint density at radius 2 is 2.26 bits per heavy atom. The minimum Gasteiger partial charge on any atom is -0.497 e. The highest BCUT2D eigenvalue weighted by atomic mass is 16.5. The summed E-state index contributed by atoms with van der Waals surface area (Å²) >= 11 is 0. The van der Waals surface area contributed by atoms with E-state index in [1.54, 1.807) is 7.11 Å². The van der Waals surface area contributed by atoms with Gasteiger partial charge in [0, 0.05) is 31.7 Å². The standard InChI is InChI=1S/C16H26N2O/c1-4-16(2)13-18(11-9-17-16)10-8-14-6-5-7-15(12-14)19-3/h5-7,12,17H,4,8-11,13H2,1-3H3. The minimum atomic E-state index is 0.284. The molecule has 1 saturated heterocycles. The van der Waals surface area contributed by atoms with Crippen molar-refractivity contribution in [2.75, 3.05) is 33.3 Å². The van der Waals surface area contributed by atoms with Crippen LogP contribution in [0.25, 0.3) is 0 Å². The monoisotopic (exact) mass is 262 g/mol.